The number of amides is 1. The van der Waals surface area contributed by atoms with Gasteiger partial charge in [0.1, 0.15) is 6.04 Å². The summed E-state index contributed by atoms with van der Waals surface area (Å²) in [7, 11) is 0. The first-order valence-electron chi connectivity index (χ1n) is 7.00. The first-order valence-corrected chi connectivity index (χ1v) is 7.79. The van der Waals surface area contributed by atoms with Crippen molar-refractivity contribution >= 4 is 21.8 Å². The van der Waals surface area contributed by atoms with Gasteiger partial charge < -0.3 is 20.5 Å². The van der Waals surface area contributed by atoms with E-state index in [2.05, 4.69) is 26.1 Å². The van der Waals surface area contributed by atoms with Gasteiger partial charge in [0.15, 0.2) is 11.5 Å². The average molecular weight is 356 g/mol. The summed E-state index contributed by atoms with van der Waals surface area (Å²) in [5, 5.41) is 3.33. The zero-order valence-corrected chi connectivity index (χ0v) is 13.2. The van der Waals surface area contributed by atoms with E-state index < -0.39 is 6.04 Å². The van der Waals surface area contributed by atoms with Crippen LogP contribution < -0.4 is 20.5 Å². The standard InChI is InChI=1S/C14H18BrN3O3/c15-10-6-9(7-11-13(10)21-8-20-11)12(14(16)19)18-4-1-2-17-3-5-18/h6-7,12,17H,1-5,8H2,(H2,16,19). The van der Waals surface area contributed by atoms with E-state index in [4.69, 9.17) is 15.2 Å². The van der Waals surface area contributed by atoms with Gasteiger partial charge in [0.2, 0.25) is 12.7 Å². The maximum absolute atomic E-state index is 12.0. The van der Waals surface area contributed by atoms with E-state index >= 15 is 0 Å². The van der Waals surface area contributed by atoms with Crippen molar-refractivity contribution in [1.82, 2.24) is 10.2 Å². The molecule has 2 heterocycles. The first-order chi connectivity index (χ1) is 10.2. The highest BCUT2D eigenvalue weighted by Crippen LogP contribution is 2.42. The van der Waals surface area contributed by atoms with Crippen LogP contribution in [0, 0.1) is 0 Å². The molecule has 114 valence electrons. The Hall–Kier alpha value is -1.31. The Morgan fingerprint density at radius 3 is 3.00 bits per heavy atom. The average Bonchev–Trinajstić information content (AvgIpc) is 2.76. The molecular weight excluding hydrogens is 338 g/mol. The third-order valence-corrected chi connectivity index (χ3v) is 4.36. The zero-order valence-electron chi connectivity index (χ0n) is 11.6. The van der Waals surface area contributed by atoms with Gasteiger partial charge in [0.05, 0.1) is 4.47 Å². The van der Waals surface area contributed by atoms with Crippen LogP contribution in [0.25, 0.3) is 0 Å². The summed E-state index contributed by atoms with van der Waals surface area (Å²) in [5.74, 6) is 0.987. The molecule has 0 bridgehead atoms. The predicted molar refractivity (Wildman–Crippen MR) is 81.3 cm³/mol. The highest BCUT2D eigenvalue weighted by molar-refractivity contribution is 9.10. The van der Waals surface area contributed by atoms with Crippen LogP contribution in [0.1, 0.15) is 18.0 Å². The van der Waals surface area contributed by atoms with Gasteiger partial charge in [-0.15, -0.1) is 0 Å². The molecule has 6 nitrogen and oxygen atoms in total. The van der Waals surface area contributed by atoms with Crippen molar-refractivity contribution in [2.45, 2.75) is 12.5 Å². The summed E-state index contributed by atoms with van der Waals surface area (Å²) in [6.45, 7) is 3.65. The van der Waals surface area contributed by atoms with Crippen molar-refractivity contribution in [3.05, 3.63) is 22.2 Å². The fourth-order valence-electron chi connectivity index (χ4n) is 2.83. The molecule has 2 aliphatic rings. The Morgan fingerprint density at radius 2 is 2.19 bits per heavy atom. The number of nitrogens with two attached hydrogens (primary N) is 1. The van der Waals surface area contributed by atoms with Crippen LogP contribution in [-0.4, -0.2) is 43.8 Å². The molecule has 0 aromatic heterocycles. The summed E-state index contributed by atoms with van der Waals surface area (Å²) in [5.41, 5.74) is 6.49. The number of hydrogen-bond acceptors (Lipinski definition) is 5. The van der Waals surface area contributed by atoms with E-state index in [0.717, 1.165) is 42.6 Å². The van der Waals surface area contributed by atoms with Crippen LogP contribution in [0.15, 0.2) is 16.6 Å². The van der Waals surface area contributed by atoms with Gasteiger partial charge in [-0.25, -0.2) is 0 Å². The molecule has 7 heteroatoms. The van der Waals surface area contributed by atoms with Crippen molar-refractivity contribution in [3.8, 4) is 11.5 Å². The summed E-state index contributed by atoms with van der Waals surface area (Å²) >= 11 is 3.47. The number of hydrogen-bond donors (Lipinski definition) is 2. The number of halogens is 1. The molecule has 0 spiro atoms. The largest absolute Gasteiger partial charge is 0.454 e. The number of nitrogens with one attached hydrogen (secondary N) is 1. The lowest BCUT2D eigenvalue weighted by molar-refractivity contribution is -0.123. The van der Waals surface area contributed by atoms with Crippen LogP contribution in [0.3, 0.4) is 0 Å². The Balaban J connectivity index is 1.93. The van der Waals surface area contributed by atoms with E-state index in [-0.39, 0.29) is 12.7 Å². The molecule has 0 saturated carbocycles. The lowest BCUT2D eigenvalue weighted by atomic mass is 10.0. The van der Waals surface area contributed by atoms with E-state index in [1.54, 1.807) is 0 Å². The molecule has 21 heavy (non-hydrogen) atoms. The van der Waals surface area contributed by atoms with Crippen LogP contribution >= 0.6 is 15.9 Å². The molecule has 1 aromatic rings. The van der Waals surface area contributed by atoms with Gasteiger partial charge >= 0.3 is 0 Å². The maximum atomic E-state index is 12.0. The van der Waals surface area contributed by atoms with Gasteiger partial charge in [-0.1, -0.05) is 0 Å². The first kappa shape index (κ1) is 14.6. The predicted octanol–water partition coefficient (Wildman–Crippen LogP) is 0.999. The second-order valence-electron chi connectivity index (χ2n) is 5.18. The SMILES string of the molecule is NC(=O)C(c1cc(Br)c2c(c1)OCO2)N1CCCNCC1. The normalized spacial score (nSPS) is 20.0. The third-order valence-electron chi connectivity index (χ3n) is 3.77. The van der Waals surface area contributed by atoms with E-state index in [1.807, 2.05) is 12.1 Å². The highest BCUT2D eigenvalue weighted by Gasteiger charge is 2.29. The van der Waals surface area contributed by atoms with E-state index in [0.29, 0.717) is 11.5 Å². The lowest BCUT2D eigenvalue weighted by Gasteiger charge is -2.28. The number of ether oxygens (including phenoxy) is 2. The number of fused-ring (bicyclic) bond motifs is 1. The monoisotopic (exact) mass is 355 g/mol. The Morgan fingerprint density at radius 1 is 1.33 bits per heavy atom. The van der Waals surface area contributed by atoms with Gasteiger partial charge in [0.25, 0.3) is 0 Å². The molecule has 1 atom stereocenters. The van der Waals surface area contributed by atoms with Crippen molar-refractivity contribution < 1.29 is 14.3 Å². The zero-order chi connectivity index (χ0) is 14.8. The van der Waals surface area contributed by atoms with Gasteiger partial charge in [-0.05, 0) is 46.6 Å². The van der Waals surface area contributed by atoms with Crippen molar-refractivity contribution in [2.75, 3.05) is 33.0 Å². The Kier molecular flexibility index (Phi) is 4.32. The van der Waals surface area contributed by atoms with E-state index in [1.165, 1.54) is 0 Å². The second kappa shape index (κ2) is 6.21. The summed E-state index contributed by atoms with van der Waals surface area (Å²) < 4.78 is 11.6. The Bertz CT molecular complexity index is 545. The number of rotatable bonds is 3. The molecule has 2 aliphatic heterocycles. The molecular formula is C14H18BrN3O3. The molecule has 1 amide bonds. The quantitative estimate of drug-likeness (QED) is 0.845. The number of benzene rings is 1. The van der Waals surface area contributed by atoms with Crippen LogP contribution in [0.4, 0.5) is 0 Å². The third kappa shape index (κ3) is 3.00. The number of carbonyl (C=O) groups excluding carboxylic acids is 1. The smallest absolute Gasteiger partial charge is 0.239 e. The molecule has 1 aromatic carbocycles. The molecule has 1 saturated heterocycles. The molecule has 1 fully saturated rings. The minimum atomic E-state index is -0.448. The van der Waals surface area contributed by atoms with Crippen LogP contribution in [0.2, 0.25) is 0 Å². The maximum Gasteiger partial charge on any atom is 0.239 e. The Labute approximate surface area is 131 Å². The topological polar surface area (TPSA) is 76.8 Å². The second-order valence-corrected chi connectivity index (χ2v) is 6.04. The summed E-state index contributed by atoms with van der Waals surface area (Å²) in [6.07, 6.45) is 0.996. The van der Waals surface area contributed by atoms with E-state index in [9.17, 15) is 4.79 Å². The minimum Gasteiger partial charge on any atom is -0.454 e. The molecule has 1 unspecified atom stereocenters. The van der Waals surface area contributed by atoms with Crippen LogP contribution in [-0.2, 0) is 4.79 Å². The molecule has 3 N–H and O–H groups in total. The fourth-order valence-corrected chi connectivity index (χ4v) is 3.40. The minimum absolute atomic E-state index is 0.201. The van der Waals surface area contributed by atoms with Gasteiger partial charge in [-0.3, -0.25) is 9.69 Å². The van der Waals surface area contributed by atoms with Crippen LogP contribution in [0.5, 0.6) is 11.5 Å². The number of carbonyl (C=O) groups is 1. The summed E-state index contributed by atoms with van der Waals surface area (Å²) in [6, 6.07) is 3.29. The molecule has 0 radical (unpaired) electrons. The lowest BCUT2D eigenvalue weighted by Crippen LogP contribution is -2.39. The van der Waals surface area contributed by atoms with Crippen molar-refractivity contribution in [2.24, 2.45) is 5.73 Å². The van der Waals surface area contributed by atoms with Gasteiger partial charge in [-0.2, -0.15) is 0 Å². The number of nitrogens with zero attached hydrogens (tertiary/aromatic N) is 1. The highest BCUT2D eigenvalue weighted by atomic mass is 79.9. The summed E-state index contributed by atoms with van der Waals surface area (Å²) in [4.78, 5) is 14.1. The van der Waals surface area contributed by atoms with Crippen molar-refractivity contribution in [3.63, 3.8) is 0 Å². The van der Waals surface area contributed by atoms with Gasteiger partial charge in [0, 0.05) is 19.6 Å². The molecule has 3 rings (SSSR count). The van der Waals surface area contributed by atoms with Crippen molar-refractivity contribution in [1.29, 1.82) is 0 Å². The molecule has 0 aliphatic carbocycles. The number of primary amides is 1. The fraction of sp³-hybridized carbons (Fsp3) is 0.500.